The minimum Gasteiger partial charge on any atom is -0.497 e. The molecule has 0 spiro atoms. The first-order valence-electron chi connectivity index (χ1n) is 8.30. The monoisotopic (exact) mass is 437 g/mol. The lowest BCUT2D eigenvalue weighted by Gasteiger charge is -2.17. The Morgan fingerprint density at radius 3 is 2.14 bits per heavy atom. The second kappa shape index (κ2) is 8.44. The molecule has 1 atom stereocenters. The summed E-state index contributed by atoms with van der Waals surface area (Å²) in [6, 6.07) is 17.3. The van der Waals surface area contributed by atoms with Gasteiger partial charge in [-0.15, -0.1) is 11.3 Å². The van der Waals surface area contributed by atoms with E-state index in [0.717, 1.165) is 0 Å². The highest BCUT2D eigenvalue weighted by Crippen LogP contribution is 2.31. The smallest absolute Gasteiger partial charge is 0.240 e. The first kappa shape index (κ1) is 20.5. The van der Waals surface area contributed by atoms with E-state index in [2.05, 4.69) is 4.72 Å². The van der Waals surface area contributed by atoms with Gasteiger partial charge in [0.05, 0.1) is 16.9 Å². The van der Waals surface area contributed by atoms with Crippen LogP contribution < -0.4 is 9.46 Å². The number of nitrogens with one attached hydrogen (secondary N) is 1. The summed E-state index contributed by atoms with van der Waals surface area (Å²) in [5.74, 6) is 0.530. The molecule has 1 N–H and O–H groups in total. The molecule has 9 heteroatoms. The van der Waals surface area contributed by atoms with Gasteiger partial charge in [0, 0.05) is 11.4 Å². The minimum absolute atomic E-state index is 0.0374. The fraction of sp³-hybridized carbons (Fsp3) is 0.158. The van der Waals surface area contributed by atoms with E-state index in [1.165, 1.54) is 54.8 Å². The molecule has 3 rings (SSSR count). The van der Waals surface area contributed by atoms with Crippen molar-refractivity contribution in [2.24, 2.45) is 0 Å². The van der Waals surface area contributed by atoms with E-state index in [1.807, 2.05) is 0 Å². The Balaban J connectivity index is 1.89. The van der Waals surface area contributed by atoms with Crippen LogP contribution in [0.1, 0.15) is 10.1 Å². The molecule has 3 aromatic rings. The molecular weight excluding hydrogens is 418 g/mol. The number of ether oxygens (including phenoxy) is 1. The second-order valence-electron chi connectivity index (χ2n) is 5.89. The van der Waals surface area contributed by atoms with Crippen molar-refractivity contribution < 1.29 is 21.6 Å². The van der Waals surface area contributed by atoms with Crippen LogP contribution in [0.15, 0.2) is 81.9 Å². The van der Waals surface area contributed by atoms with Gasteiger partial charge in [-0.2, -0.15) is 0 Å². The molecule has 1 aromatic heterocycles. The SMILES string of the molecule is COc1ccc(S(=O)(=O)NC[C@H](c2cccs2)S(=O)(=O)c2ccccc2)cc1. The van der Waals surface area contributed by atoms with Gasteiger partial charge < -0.3 is 4.74 Å². The quantitative estimate of drug-likeness (QED) is 0.584. The number of methoxy groups -OCH3 is 1. The summed E-state index contributed by atoms with van der Waals surface area (Å²) in [6.07, 6.45) is 0. The van der Waals surface area contributed by atoms with Gasteiger partial charge in [-0.3, -0.25) is 0 Å². The van der Waals surface area contributed by atoms with Crippen molar-refractivity contribution in [3.05, 3.63) is 77.0 Å². The summed E-state index contributed by atoms with van der Waals surface area (Å²) in [6.45, 7) is -0.272. The Bertz CT molecular complexity index is 1110. The Morgan fingerprint density at radius 1 is 0.893 bits per heavy atom. The lowest BCUT2D eigenvalue weighted by molar-refractivity contribution is 0.414. The summed E-state index contributed by atoms with van der Waals surface area (Å²) < 4.78 is 59.0. The van der Waals surface area contributed by atoms with Crippen LogP contribution in [0.5, 0.6) is 5.75 Å². The van der Waals surface area contributed by atoms with Crippen molar-refractivity contribution in [1.82, 2.24) is 4.72 Å². The van der Waals surface area contributed by atoms with Crippen molar-refractivity contribution in [1.29, 1.82) is 0 Å². The van der Waals surface area contributed by atoms with Gasteiger partial charge in [0.1, 0.15) is 11.0 Å². The van der Waals surface area contributed by atoms with Crippen molar-refractivity contribution >= 4 is 31.2 Å². The van der Waals surface area contributed by atoms with E-state index in [9.17, 15) is 16.8 Å². The Kier molecular flexibility index (Phi) is 6.19. The topological polar surface area (TPSA) is 89.5 Å². The molecule has 0 saturated heterocycles. The van der Waals surface area contributed by atoms with Gasteiger partial charge in [0.15, 0.2) is 9.84 Å². The predicted octanol–water partition coefficient (Wildman–Crippen LogP) is 3.25. The number of benzene rings is 2. The third-order valence-electron chi connectivity index (χ3n) is 4.14. The van der Waals surface area contributed by atoms with Crippen LogP contribution in [0.3, 0.4) is 0 Å². The summed E-state index contributed by atoms with van der Waals surface area (Å²) in [5, 5.41) is 0.740. The zero-order chi connectivity index (χ0) is 20.2. The molecule has 148 valence electrons. The van der Waals surface area contributed by atoms with Crippen molar-refractivity contribution in [3.63, 3.8) is 0 Å². The van der Waals surface area contributed by atoms with Crippen LogP contribution >= 0.6 is 11.3 Å². The average Bonchev–Trinajstić information content (AvgIpc) is 3.23. The van der Waals surface area contributed by atoms with E-state index in [0.29, 0.717) is 10.6 Å². The molecule has 0 aliphatic carbocycles. The maximum absolute atomic E-state index is 13.1. The molecular formula is C19H19NO5S3. The highest BCUT2D eigenvalue weighted by Gasteiger charge is 2.31. The van der Waals surface area contributed by atoms with E-state index in [-0.39, 0.29) is 16.3 Å². The van der Waals surface area contributed by atoms with Crippen molar-refractivity contribution in [2.45, 2.75) is 15.0 Å². The fourth-order valence-electron chi connectivity index (χ4n) is 2.64. The Morgan fingerprint density at radius 2 is 1.57 bits per heavy atom. The van der Waals surface area contributed by atoms with Crippen molar-refractivity contribution in [3.8, 4) is 5.75 Å². The van der Waals surface area contributed by atoms with Crippen LogP contribution in [0.4, 0.5) is 0 Å². The molecule has 0 aliphatic rings. The first-order chi connectivity index (χ1) is 13.3. The molecule has 0 bridgehead atoms. The lowest BCUT2D eigenvalue weighted by Crippen LogP contribution is -2.31. The number of hydrogen-bond donors (Lipinski definition) is 1. The van der Waals surface area contributed by atoms with Gasteiger partial charge in [-0.25, -0.2) is 21.6 Å². The molecule has 0 radical (unpaired) electrons. The van der Waals surface area contributed by atoms with Crippen LogP contribution in [-0.4, -0.2) is 30.5 Å². The maximum atomic E-state index is 13.1. The molecule has 0 fully saturated rings. The van der Waals surface area contributed by atoms with Gasteiger partial charge in [-0.1, -0.05) is 24.3 Å². The summed E-state index contributed by atoms with van der Waals surface area (Å²) >= 11 is 1.27. The highest BCUT2D eigenvalue weighted by atomic mass is 32.2. The third-order valence-corrected chi connectivity index (χ3v) is 8.81. The largest absolute Gasteiger partial charge is 0.497 e. The standard InChI is InChI=1S/C19H19NO5S3/c1-25-15-9-11-17(12-10-15)28(23,24)20-14-19(18-8-5-13-26-18)27(21,22)16-6-3-2-4-7-16/h2-13,19-20H,14H2,1H3/t19-/m1/s1. The van der Waals surface area contributed by atoms with E-state index >= 15 is 0 Å². The minimum atomic E-state index is -3.88. The molecule has 0 saturated carbocycles. The highest BCUT2D eigenvalue weighted by molar-refractivity contribution is 7.92. The van der Waals surface area contributed by atoms with Gasteiger partial charge in [0.2, 0.25) is 10.0 Å². The average molecular weight is 438 g/mol. The van der Waals surface area contributed by atoms with E-state index in [1.54, 1.807) is 35.7 Å². The fourth-order valence-corrected chi connectivity index (χ4v) is 6.59. The number of rotatable bonds is 8. The summed E-state index contributed by atoms with van der Waals surface area (Å²) in [4.78, 5) is 0.758. The predicted molar refractivity (Wildman–Crippen MR) is 109 cm³/mol. The van der Waals surface area contributed by atoms with E-state index in [4.69, 9.17) is 4.74 Å². The van der Waals surface area contributed by atoms with Crippen LogP contribution in [-0.2, 0) is 19.9 Å². The third kappa shape index (κ3) is 4.44. The Labute approximate surface area is 168 Å². The van der Waals surface area contributed by atoms with Crippen molar-refractivity contribution in [2.75, 3.05) is 13.7 Å². The maximum Gasteiger partial charge on any atom is 0.240 e. The second-order valence-corrected chi connectivity index (χ2v) is 10.8. The number of sulfonamides is 1. The number of sulfone groups is 1. The zero-order valence-electron chi connectivity index (χ0n) is 15.0. The van der Waals surface area contributed by atoms with Crippen LogP contribution in [0.25, 0.3) is 0 Å². The van der Waals surface area contributed by atoms with Crippen LogP contribution in [0.2, 0.25) is 0 Å². The zero-order valence-corrected chi connectivity index (χ0v) is 17.4. The number of hydrogen-bond acceptors (Lipinski definition) is 6. The molecule has 1 heterocycles. The molecule has 28 heavy (non-hydrogen) atoms. The molecule has 0 unspecified atom stereocenters. The molecule has 2 aromatic carbocycles. The summed E-state index contributed by atoms with van der Waals surface area (Å²) in [5.41, 5.74) is 0. The normalized spacial score (nSPS) is 13.2. The summed E-state index contributed by atoms with van der Waals surface area (Å²) in [7, 11) is -6.17. The van der Waals surface area contributed by atoms with Gasteiger partial charge in [0.25, 0.3) is 0 Å². The number of thiophene rings is 1. The molecule has 0 amide bonds. The first-order valence-corrected chi connectivity index (χ1v) is 12.2. The molecule has 6 nitrogen and oxygen atoms in total. The van der Waals surface area contributed by atoms with Gasteiger partial charge >= 0.3 is 0 Å². The van der Waals surface area contributed by atoms with Gasteiger partial charge in [-0.05, 0) is 47.8 Å². The lowest BCUT2D eigenvalue weighted by atomic mass is 10.3. The van der Waals surface area contributed by atoms with E-state index < -0.39 is 25.1 Å². The molecule has 0 aliphatic heterocycles. The van der Waals surface area contributed by atoms with Crippen LogP contribution in [0, 0.1) is 0 Å². The Hall–Kier alpha value is -2.20.